The molecule has 1 aromatic rings. The fourth-order valence-electron chi connectivity index (χ4n) is 6.30. The third-order valence-corrected chi connectivity index (χ3v) is 7.12. The van der Waals surface area contributed by atoms with Crippen molar-refractivity contribution in [2.24, 2.45) is 23.7 Å². The second kappa shape index (κ2) is 5.35. The van der Waals surface area contributed by atoms with Gasteiger partial charge < -0.3 is 5.32 Å². The highest BCUT2D eigenvalue weighted by molar-refractivity contribution is 5.31. The van der Waals surface area contributed by atoms with Crippen LogP contribution in [0.25, 0.3) is 0 Å². The van der Waals surface area contributed by atoms with Gasteiger partial charge in [0, 0.05) is 17.4 Å². The lowest BCUT2D eigenvalue weighted by molar-refractivity contribution is -0.767. The third-order valence-electron chi connectivity index (χ3n) is 7.12. The van der Waals surface area contributed by atoms with E-state index in [1.807, 2.05) is 0 Å². The molecule has 4 saturated carbocycles. The third kappa shape index (κ3) is 2.32. The number of nitrogens with two attached hydrogens (primary N) is 1. The van der Waals surface area contributed by atoms with Gasteiger partial charge in [-0.1, -0.05) is 23.8 Å². The lowest BCUT2D eigenvalue weighted by Crippen LogP contribution is -3.01. The van der Waals surface area contributed by atoms with Gasteiger partial charge in [0.1, 0.15) is 12.1 Å². The Labute approximate surface area is 140 Å². The quantitative estimate of drug-likeness (QED) is 0.909. The van der Waals surface area contributed by atoms with E-state index in [0.29, 0.717) is 17.9 Å². The highest BCUT2D eigenvalue weighted by Crippen LogP contribution is 2.56. The van der Waals surface area contributed by atoms with Gasteiger partial charge in [0.2, 0.25) is 0 Å². The van der Waals surface area contributed by atoms with Gasteiger partial charge in [-0.15, -0.1) is 0 Å². The molecular weight excluding hydrogens is 280 g/mol. The monoisotopic (exact) mass is 309 g/mol. The first kappa shape index (κ1) is 15.2. The molecule has 0 heterocycles. The van der Waals surface area contributed by atoms with Crippen molar-refractivity contribution < 1.29 is 5.32 Å². The fraction of sp³-hybridized carbons (Fsp3) is 0.667. The molecule has 122 valence electrons. The minimum atomic E-state index is -0.163. The molecule has 0 saturated heterocycles. The number of rotatable bonds is 3. The van der Waals surface area contributed by atoms with Crippen LogP contribution in [0.1, 0.15) is 61.8 Å². The number of quaternary nitrogens is 1. The molecule has 0 radical (unpaired) electrons. The van der Waals surface area contributed by atoms with Gasteiger partial charge >= 0.3 is 0 Å². The normalized spacial score (nSPS) is 39.2. The zero-order chi connectivity index (χ0) is 16.2. The zero-order valence-corrected chi connectivity index (χ0v) is 14.7. The van der Waals surface area contributed by atoms with Crippen molar-refractivity contribution in [3.05, 3.63) is 34.9 Å². The fourth-order valence-corrected chi connectivity index (χ4v) is 6.30. The van der Waals surface area contributed by atoms with E-state index in [4.69, 9.17) is 0 Å². The van der Waals surface area contributed by atoms with Gasteiger partial charge in [0.15, 0.2) is 5.54 Å². The summed E-state index contributed by atoms with van der Waals surface area (Å²) in [4.78, 5) is 0. The second-order valence-electron chi connectivity index (χ2n) is 8.66. The molecule has 4 aliphatic rings. The number of hydrogen-bond acceptors (Lipinski definition) is 1. The first-order chi connectivity index (χ1) is 11.0. The predicted molar refractivity (Wildman–Crippen MR) is 91.6 cm³/mol. The van der Waals surface area contributed by atoms with E-state index in [2.05, 4.69) is 50.4 Å². The van der Waals surface area contributed by atoms with Gasteiger partial charge in [0.05, 0.1) is 0 Å². The van der Waals surface area contributed by atoms with Gasteiger partial charge in [0.25, 0.3) is 0 Å². The second-order valence-corrected chi connectivity index (χ2v) is 8.66. The molecule has 2 nitrogen and oxygen atoms in total. The van der Waals surface area contributed by atoms with Crippen molar-refractivity contribution in [2.45, 2.75) is 64.5 Å². The maximum Gasteiger partial charge on any atom is 0.189 e. The molecule has 4 fully saturated rings. The van der Waals surface area contributed by atoms with Crippen molar-refractivity contribution in [3.8, 4) is 6.07 Å². The van der Waals surface area contributed by atoms with E-state index < -0.39 is 0 Å². The van der Waals surface area contributed by atoms with E-state index in [9.17, 15) is 5.26 Å². The molecule has 0 aliphatic heterocycles. The summed E-state index contributed by atoms with van der Waals surface area (Å²) in [5.74, 6) is 3.08. The van der Waals surface area contributed by atoms with Crippen LogP contribution >= 0.6 is 0 Å². The summed E-state index contributed by atoms with van der Waals surface area (Å²) in [5.41, 5.74) is 3.93. The minimum absolute atomic E-state index is 0.163. The average molecular weight is 309 g/mol. The Morgan fingerprint density at radius 2 is 1.70 bits per heavy atom. The molecule has 0 spiro atoms. The molecule has 4 aliphatic carbocycles. The summed E-state index contributed by atoms with van der Waals surface area (Å²) < 4.78 is 0. The van der Waals surface area contributed by atoms with Gasteiger partial charge in [-0.05, 0) is 70.3 Å². The lowest BCUT2D eigenvalue weighted by Gasteiger charge is -2.56. The molecule has 23 heavy (non-hydrogen) atoms. The van der Waals surface area contributed by atoms with E-state index in [1.54, 1.807) is 0 Å². The highest BCUT2D eigenvalue weighted by atomic mass is 15.0. The van der Waals surface area contributed by atoms with Crippen molar-refractivity contribution in [1.82, 2.24) is 0 Å². The van der Waals surface area contributed by atoms with Crippen molar-refractivity contribution in [2.75, 3.05) is 0 Å². The van der Waals surface area contributed by atoms with Gasteiger partial charge in [-0.25, -0.2) is 0 Å². The molecule has 0 aromatic heterocycles. The predicted octanol–water partition coefficient (Wildman–Crippen LogP) is 3.65. The summed E-state index contributed by atoms with van der Waals surface area (Å²) in [6, 6.07) is 9.96. The topological polar surface area (TPSA) is 40.4 Å². The molecular formula is C21H29N2+. The SMILES string of the molecule is Cc1ccc([C@@H](C)[NH2+]C2(C#N)C3CC4CC(C3)CC2C4)c(C)c1. The number of aryl methyl sites for hydroxylation is 2. The number of nitriles is 1. The maximum atomic E-state index is 10.2. The zero-order valence-electron chi connectivity index (χ0n) is 14.7. The minimum Gasteiger partial charge on any atom is -0.323 e. The van der Waals surface area contributed by atoms with E-state index in [1.165, 1.54) is 48.8 Å². The van der Waals surface area contributed by atoms with Crippen LogP contribution in [-0.4, -0.2) is 5.54 Å². The van der Waals surface area contributed by atoms with Gasteiger partial charge in [-0.3, -0.25) is 0 Å². The molecule has 5 rings (SSSR count). The summed E-state index contributed by atoms with van der Waals surface area (Å²) in [6.07, 6.45) is 6.65. The smallest absolute Gasteiger partial charge is 0.189 e. The summed E-state index contributed by atoms with van der Waals surface area (Å²) in [5, 5.41) is 12.6. The average Bonchev–Trinajstić information content (AvgIpc) is 2.50. The van der Waals surface area contributed by atoms with Crippen LogP contribution in [0.4, 0.5) is 0 Å². The molecule has 0 unspecified atom stereocenters. The largest absolute Gasteiger partial charge is 0.323 e. The summed E-state index contributed by atoms with van der Waals surface area (Å²) in [7, 11) is 0. The lowest BCUT2D eigenvalue weighted by atomic mass is 9.49. The maximum absolute atomic E-state index is 10.2. The molecule has 4 bridgehead atoms. The van der Waals surface area contributed by atoms with E-state index in [0.717, 1.165) is 11.8 Å². The van der Waals surface area contributed by atoms with Crippen LogP contribution in [0.15, 0.2) is 18.2 Å². The van der Waals surface area contributed by atoms with Crippen LogP contribution in [0.3, 0.4) is 0 Å². The summed E-state index contributed by atoms with van der Waals surface area (Å²) >= 11 is 0. The molecule has 1 aromatic carbocycles. The van der Waals surface area contributed by atoms with Crippen LogP contribution in [0, 0.1) is 48.9 Å². The highest BCUT2D eigenvalue weighted by Gasteiger charge is 2.61. The molecule has 2 heteroatoms. The summed E-state index contributed by atoms with van der Waals surface area (Å²) in [6.45, 7) is 6.66. The number of nitrogens with zero attached hydrogens (tertiary/aromatic N) is 1. The van der Waals surface area contributed by atoms with Gasteiger partial charge in [-0.2, -0.15) is 5.26 Å². The van der Waals surface area contributed by atoms with Crippen LogP contribution in [0.2, 0.25) is 0 Å². The first-order valence-corrected chi connectivity index (χ1v) is 9.36. The Bertz CT molecular complexity index is 626. The van der Waals surface area contributed by atoms with Crippen LogP contribution < -0.4 is 5.32 Å². The molecule has 0 amide bonds. The van der Waals surface area contributed by atoms with E-state index >= 15 is 0 Å². The number of benzene rings is 1. The Hall–Kier alpha value is -1.33. The Morgan fingerprint density at radius 3 is 2.22 bits per heavy atom. The van der Waals surface area contributed by atoms with Crippen LogP contribution in [0.5, 0.6) is 0 Å². The van der Waals surface area contributed by atoms with Crippen molar-refractivity contribution >= 4 is 0 Å². The first-order valence-electron chi connectivity index (χ1n) is 9.36. The Morgan fingerprint density at radius 1 is 1.09 bits per heavy atom. The molecule has 1 atom stereocenters. The van der Waals surface area contributed by atoms with Crippen LogP contribution in [-0.2, 0) is 0 Å². The van der Waals surface area contributed by atoms with E-state index in [-0.39, 0.29) is 5.54 Å². The standard InChI is InChI=1S/C21H28N2/c1-13-4-5-20(14(2)6-13)15(3)23-21(12-22)18-8-16-7-17(10-18)11-19(21)9-16/h4-6,15-19,23H,7-11H2,1-3H3/p+1/t15-,16?,17?,18?,19?,21?/m1/s1. The molecule has 2 N–H and O–H groups in total. The van der Waals surface area contributed by atoms with Crippen molar-refractivity contribution in [1.29, 1.82) is 5.26 Å². The Kier molecular flexibility index (Phi) is 3.54. The Balaban J connectivity index is 1.62. The van der Waals surface area contributed by atoms with Crippen molar-refractivity contribution in [3.63, 3.8) is 0 Å². The number of hydrogen-bond donors (Lipinski definition) is 1.